The number of likely N-dealkylation sites (tertiary alicyclic amines) is 1. The summed E-state index contributed by atoms with van der Waals surface area (Å²) in [5.74, 6) is 0.868. The van der Waals surface area contributed by atoms with Crippen molar-refractivity contribution >= 4 is 0 Å². The number of hydrogen-bond donors (Lipinski definition) is 1. The maximum absolute atomic E-state index is 3.48. The van der Waals surface area contributed by atoms with Crippen LogP contribution in [0.2, 0.25) is 0 Å². The maximum atomic E-state index is 3.48. The van der Waals surface area contributed by atoms with Crippen molar-refractivity contribution in [1.29, 1.82) is 0 Å². The highest BCUT2D eigenvalue weighted by Gasteiger charge is 2.32. The molecule has 0 aliphatic carbocycles. The summed E-state index contributed by atoms with van der Waals surface area (Å²) >= 11 is 0. The van der Waals surface area contributed by atoms with Crippen LogP contribution in [0.3, 0.4) is 0 Å². The van der Waals surface area contributed by atoms with Crippen molar-refractivity contribution in [3.05, 3.63) is 0 Å². The minimum Gasteiger partial charge on any atom is -0.314 e. The van der Waals surface area contributed by atoms with E-state index in [2.05, 4.69) is 51.8 Å². The van der Waals surface area contributed by atoms with Gasteiger partial charge in [0.05, 0.1) is 0 Å². The number of piperidine rings is 1. The van der Waals surface area contributed by atoms with E-state index in [-0.39, 0.29) is 0 Å². The van der Waals surface area contributed by atoms with Crippen molar-refractivity contribution < 1.29 is 0 Å². The molecule has 3 unspecified atom stereocenters. The van der Waals surface area contributed by atoms with Gasteiger partial charge in [-0.1, -0.05) is 82.6 Å². The summed E-state index contributed by atoms with van der Waals surface area (Å²) in [7, 11) is 0. The molecule has 0 radical (unpaired) electrons. The van der Waals surface area contributed by atoms with Crippen LogP contribution >= 0.6 is 0 Å². The number of hydrogen-bond acceptors (Lipinski definition) is 2. The molecule has 0 bridgehead atoms. The molecule has 26 heavy (non-hydrogen) atoms. The van der Waals surface area contributed by atoms with Crippen LogP contribution < -0.4 is 5.32 Å². The van der Waals surface area contributed by atoms with Crippen LogP contribution in [0, 0.1) is 11.3 Å². The largest absolute Gasteiger partial charge is 0.314 e. The zero-order chi connectivity index (χ0) is 21.2. The lowest BCUT2D eigenvalue weighted by atomic mass is 9.77. The van der Waals surface area contributed by atoms with Gasteiger partial charge in [0, 0.05) is 12.1 Å². The van der Waals surface area contributed by atoms with Gasteiger partial charge in [-0.15, -0.1) is 0 Å². The SMILES string of the molecule is CC.CC.CC.CC1NCCC1C(C)(C)C.CCC1CCCCN1CC. The smallest absolute Gasteiger partial charge is 0.00925 e. The maximum Gasteiger partial charge on any atom is 0.00925 e. The van der Waals surface area contributed by atoms with E-state index in [4.69, 9.17) is 0 Å². The third-order valence-electron chi connectivity index (χ3n) is 5.26. The van der Waals surface area contributed by atoms with Crippen molar-refractivity contribution in [2.75, 3.05) is 19.6 Å². The summed E-state index contributed by atoms with van der Waals surface area (Å²) in [6, 6.07) is 1.62. The standard InChI is InChI=1S/2C9H19N.3C2H6/c1-7-8(5-6-10-7)9(2,3)4;1-3-9-7-5-6-8-10(9)4-2;3*1-2/h7-8,10H,5-6H2,1-4H3;9H,3-8H2,1-2H3;3*1-2H3. The molecule has 0 aromatic heterocycles. The van der Waals surface area contributed by atoms with Gasteiger partial charge in [-0.25, -0.2) is 0 Å². The average Bonchev–Trinajstić information content (AvgIpc) is 3.13. The third kappa shape index (κ3) is 13.1. The van der Waals surface area contributed by atoms with Crippen LogP contribution in [0.1, 0.15) is 115 Å². The van der Waals surface area contributed by atoms with Gasteiger partial charge >= 0.3 is 0 Å². The van der Waals surface area contributed by atoms with E-state index in [0.717, 1.165) is 18.0 Å². The molecule has 3 atom stereocenters. The second-order valence-electron chi connectivity index (χ2n) is 7.69. The van der Waals surface area contributed by atoms with Gasteiger partial charge in [0.25, 0.3) is 0 Å². The van der Waals surface area contributed by atoms with Crippen LogP contribution in [-0.2, 0) is 0 Å². The molecular weight excluding hydrogens is 316 g/mol. The van der Waals surface area contributed by atoms with Gasteiger partial charge in [-0.05, 0) is 63.6 Å². The van der Waals surface area contributed by atoms with Crippen molar-refractivity contribution in [3.8, 4) is 0 Å². The molecule has 2 rings (SSSR count). The molecule has 0 aromatic rings. The zero-order valence-corrected chi connectivity index (χ0v) is 20.8. The van der Waals surface area contributed by atoms with E-state index >= 15 is 0 Å². The van der Waals surface area contributed by atoms with Gasteiger partial charge in [0.2, 0.25) is 0 Å². The van der Waals surface area contributed by atoms with Gasteiger partial charge < -0.3 is 10.2 Å². The number of nitrogens with zero attached hydrogens (tertiary/aromatic N) is 1. The van der Waals surface area contributed by atoms with Crippen LogP contribution in [0.5, 0.6) is 0 Å². The minimum atomic E-state index is 0.489. The van der Waals surface area contributed by atoms with Crippen LogP contribution in [0.15, 0.2) is 0 Å². The van der Waals surface area contributed by atoms with E-state index in [9.17, 15) is 0 Å². The highest BCUT2D eigenvalue weighted by atomic mass is 15.1. The lowest BCUT2D eigenvalue weighted by Gasteiger charge is -2.34. The molecule has 2 heteroatoms. The van der Waals surface area contributed by atoms with Crippen molar-refractivity contribution in [2.45, 2.75) is 127 Å². The minimum absolute atomic E-state index is 0.489. The summed E-state index contributed by atoms with van der Waals surface area (Å²) in [5, 5.41) is 3.48. The Bertz CT molecular complexity index is 245. The number of nitrogens with one attached hydrogen (secondary N) is 1. The van der Waals surface area contributed by atoms with Gasteiger partial charge in [-0.2, -0.15) is 0 Å². The summed E-state index contributed by atoms with van der Waals surface area (Å²) in [4.78, 5) is 2.61. The van der Waals surface area contributed by atoms with E-state index < -0.39 is 0 Å². The Morgan fingerprint density at radius 3 is 1.69 bits per heavy atom. The Balaban J connectivity index is -0.000000316. The lowest BCUT2D eigenvalue weighted by Crippen LogP contribution is -2.38. The molecule has 0 spiro atoms. The normalized spacial score (nSPS) is 25.2. The summed E-state index contributed by atoms with van der Waals surface area (Å²) in [5.41, 5.74) is 0.489. The summed E-state index contributed by atoms with van der Waals surface area (Å²) in [6.07, 6.45) is 7.00. The lowest BCUT2D eigenvalue weighted by molar-refractivity contribution is 0.152. The first-order chi connectivity index (χ1) is 12.4. The predicted octanol–water partition coefficient (Wildman–Crippen LogP) is 7.38. The molecule has 2 heterocycles. The van der Waals surface area contributed by atoms with E-state index in [0.29, 0.717) is 5.41 Å². The monoisotopic (exact) mass is 372 g/mol. The second-order valence-corrected chi connectivity index (χ2v) is 7.69. The van der Waals surface area contributed by atoms with Crippen molar-refractivity contribution in [1.82, 2.24) is 10.2 Å². The first kappa shape index (κ1) is 30.6. The van der Waals surface area contributed by atoms with E-state index in [1.807, 2.05) is 41.5 Å². The Morgan fingerprint density at radius 1 is 0.885 bits per heavy atom. The van der Waals surface area contributed by atoms with E-state index in [1.54, 1.807) is 0 Å². The molecule has 2 fully saturated rings. The van der Waals surface area contributed by atoms with E-state index in [1.165, 1.54) is 51.7 Å². The summed E-state index contributed by atoms with van der Waals surface area (Å²) in [6.45, 7) is 29.7. The van der Waals surface area contributed by atoms with Crippen LogP contribution in [0.25, 0.3) is 0 Å². The quantitative estimate of drug-likeness (QED) is 0.544. The van der Waals surface area contributed by atoms with Crippen molar-refractivity contribution in [3.63, 3.8) is 0 Å². The molecule has 162 valence electrons. The Labute approximate surface area is 168 Å². The fraction of sp³-hybridized carbons (Fsp3) is 1.00. The highest BCUT2D eigenvalue weighted by molar-refractivity contribution is 4.87. The fourth-order valence-corrected chi connectivity index (χ4v) is 3.98. The number of rotatable bonds is 2. The molecule has 2 saturated heterocycles. The molecule has 2 aliphatic heterocycles. The Morgan fingerprint density at radius 2 is 1.42 bits per heavy atom. The van der Waals surface area contributed by atoms with Crippen molar-refractivity contribution in [2.24, 2.45) is 11.3 Å². The highest BCUT2D eigenvalue weighted by Crippen LogP contribution is 2.33. The van der Waals surface area contributed by atoms with Gasteiger partial charge in [0.15, 0.2) is 0 Å². The average molecular weight is 373 g/mol. The fourth-order valence-electron chi connectivity index (χ4n) is 3.98. The summed E-state index contributed by atoms with van der Waals surface area (Å²) < 4.78 is 0. The Kier molecular flexibility index (Phi) is 23.2. The Hall–Kier alpha value is -0.0800. The first-order valence-electron chi connectivity index (χ1n) is 11.9. The second kappa shape index (κ2) is 19.7. The first-order valence-corrected chi connectivity index (χ1v) is 11.9. The third-order valence-corrected chi connectivity index (χ3v) is 5.26. The molecular formula is C24H56N2. The van der Waals surface area contributed by atoms with Gasteiger partial charge in [-0.3, -0.25) is 0 Å². The topological polar surface area (TPSA) is 15.3 Å². The molecule has 0 saturated carbocycles. The van der Waals surface area contributed by atoms with Crippen LogP contribution in [-0.4, -0.2) is 36.6 Å². The molecule has 1 N–H and O–H groups in total. The molecule has 2 nitrogen and oxygen atoms in total. The van der Waals surface area contributed by atoms with Crippen LogP contribution in [0.4, 0.5) is 0 Å². The molecule has 2 aliphatic rings. The zero-order valence-electron chi connectivity index (χ0n) is 20.8. The predicted molar refractivity (Wildman–Crippen MR) is 124 cm³/mol. The molecule has 0 amide bonds. The van der Waals surface area contributed by atoms with Gasteiger partial charge in [0.1, 0.15) is 0 Å². The molecule has 0 aromatic carbocycles.